The summed E-state index contributed by atoms with van der Waals surface area (Å²) in [7, 11) is 8.82. The van der Waals surface area contributed by atoms with Crippen LogP contribution in [0.4, 0.5) is 0 Å². The zero-order valence-electron chi connectivity index (χ0n) is 15.7. The number of nitrogens with two attached hydrogens (primary N) is 2. The molecule has 0 aromatic carbocycles. The lowest BCUT2D eigenvalue weighted by molar-refractivity contribution is -0.138. The van der Waals surface area contributed by atoms with Gasteiger partial charge >= 0.3 is 11.9 Å². The number of carboxylic acids is 2. The first-order chi connectivity index (χ1) is 13.1. The van der Waals surface area contributed by atoms with Crippen LogP contribution in [-0.4, -0.2) is 83.3 Å². The summed E-state index contributed by atoms with van der Waals surface area (Å²) in [5, 5.41) is 31.3. The first-order valence-corrected chi connectivity index (χ1v) is 12.8. The van der Waals surface area contributed by atoms with Crippen LogP contribution in [0.25, 0.3) is 0 Å². The second-order valence-electron chi connectivity index (χ2n) is 4.86. The van der Waals surface area contributed by atoms with E-state index in [1.807, 2.05) is 0 Å². The molecule has 0 amide bonds. The molecule has 0 saturated heterocycles. The number of methoxy groups -OCH3 is 2. The van der Waals surface area contributed by atoms with E-state index in [0.29, 0.717) is 24.6 Å². The maximum absolute atomic E-state index is 10.3. The molecule has 0 bridgehead atoms. The standard InChI is InChI=1S/C8H16N2O2S2.C6H12N2O4S2/c1-11-7(9)3-5-13-14-6-4-8(10)12-2;7-3(5(9)10)1-13-14-2-4(8)6(11)12/h9-10H,3-6H2,1-2H3;3-4H,1-2,7-8H2,(H,9,10)(H,11,12). The van der Waals surface area contributed by atoms with Crippen molar-refractivity contribution in [2.45, 2.75) is 24.9 Å². The number of nitrogens with one attached hydrogen (secondary N) is 2. The molecular formula is C14H28N4O6S4. The van der Waals surface area contributed by atoms with E-state index in [0.717, 1.165) is 11.5 Å². The van der Waals surface area contributed by atoms with Gasteiger partial charge in [0.1, 0.15) is 12.1 Å². The fourth-order valence-corrected chi connectivity index (χ4v) is 5.18. The number of hydrogen-bond acceptors (Lipinski definition) is 12. The minimum absolute atomic E-state index is 0.229. The molecule has 0 aromatic heterocycles. The monoisotopic (exact) mass is 476 g/mol. The van der Waals surface area contributed by atoms with Crippen LogP contribution in [0.5, 0.6) is 0 Å². The van der Waals surface area contributed by atoms with E-state index >= 15 is 0 Å². The van der Waals surface area contributed by atoms with Gasteiger partial charge in [0.15, 0.2) is 11.8 Å². The molecule has 0 aliphatic carbocycles. The summed E-state index contributed by atoms with van der Waals surface area (Å²) in [6.45, 7) is 0. The number of carbonyl (C=O) groups is 2. The lowest BCUT2D eigenvalue weighted by atomic mass is 10.4. The van der Waals surface area contributed by atoms with Crippen LogP contribution in [0.1, 0.15) is 12.8 Å². The third-order valence-corrected chi connectivity index (χ3v) is 7.50. The first-order valence-electron chi connectivity index (χ1n) is 7.84. The number of ether oxygens (including phenoxy) is 2. The van der Waals surface area contributed by atoms with Crippen molar-refractivity contribution in [3.63, 3.8) is 0 Å². The van der Waals surface area contributed by atoms with Gasteiger partial charge in [-0.3, -0.25) is 20.4 Å². The van der Waals surface area contributed by atoms with E-state index in [2.05, 4.69) is 0 Å². The molecule has 0 saturated carbocycles. The van der Waals surface area contributed by atoms with Crippen LogP contribution in [0.15, 0.2) is 0 Å². The molecule has 8 N–H and O–H groups in total. The van der Waals surface area contributed by atoms with Gasteiger partial charge in [-0.1, -0.05) is 43.2 Å². The quantitative estimate of drug-likeness (QED) is 0.0918. The normalized spacial score (nSPS) is 12.1. The van der Waals surface area contributed by atoms with Gasteiger partial charge in [-0.2, -0.15) is 0 Å². The molecule has 0 aliphatic rings. The second kappa shape index (κ2) is 19.5. The van der Waals surface area contributed by atoms with Gasteiger partial charge in [0, 0.05) is 35.9 Å². The number of carboxylic acid groups (broad SMARTS) is 2. The van der Waals surface area contributed by atoms with Gasteiger partial charge in [-0.05, 0) is 0 Å². The zero-order chi connectivity index (χ0) is 21.9. The van der Waals surface area contributed by atoms with E-state index in [1.54, 1.807) is 21.6 Å². The predicted octanol–water partition coefficient (Wildman–Crippen LogP) is 1.59. The molecule has 0 fully saturated rings. The second-order valence-corrected chi connectivity index (χ2v) is 10.1. The molecule has 28 heavy (non-hydrogen) atoms. The average molecular weight is 477 g/mol. The topological polar surface area (TPSA) is 193 Å². The highest BCUT2D eigenvalue weighted by Gasteiger charge is 2.14. The summed E-state index contributed by atoms with van der Waals surface area (Å²) < 4.78 is 9.44. The van der Waals surface area contributed by atoms with Crippen molar-refractivity contribution in [2.24, 2.45) is 11.5 Å². The van der Waals surface area contributed by atoms with Gasteiger partial charge in [-0.15, -0.1) is 0 Å². The molecular weight excluding hydrogens is 448 g/mol. The molecule has 0 rings (SSSR count). The number of hydrogen-bond donors (Lipinski definition) is 6. The molecule has 0 aromatic rings. The van der Waals surface area contributed by atoms with Crippen LogP contribution >= 0.6 is 43.2 Å². The maximum atomic E-state index is 10.3. The molecule has 0 radical (unpaired) electrons. The molecule has 2 atom stereocenters. The Hall–Kier alpha value is -0.800. The minimum atomic E-state index is -1.07. The fraction of sp³-hybridized carbons (Fsp3) is 0.714. The summed E-state index contributed by atoms with van der Waals surface area (Å²) in [5.74, 6) is 0.709. The minimum Gasteiger partial charge on any atom is -0.484 e. The Kier molecular flexibility index (Phi) is 20.5. The highest BCUT2D eigenvalue weighted by Crippen LogP contribution is 2.23. The Morgan fingerprint density at radius 2 is 1.14 bits per heavy atom. The largest absolute Gasteiger partial charge is 0.484 e. The molecule has 0 aliphatic heterocycles. The summed E-state index contributed by atoms with van der Waals surface area (Å²) in [6, 6.07) is -1.85. The SMILES string of the molecule is COC(=N)CCSSCCC(=N)OC.NC(CSSCC(N)C(=O)O)C(=O)O. The van der Waals surface area contributed by atoms with Crippen molar-refractivity contribution in [3.05, 3.63) is 0 Å². The van der Waals surface area contributed by atoms with Gasteiger partial charge in [0.05, 0.1) is 14.2 Å². The summed E-state index contributed by atoms with van der Waals surface area (Å²) in [6.07, 6.45) is 1.33. The highest BCUT2D eigenvalue weighted by molar-refractivity contribution is 8.77. The molecule has 2 unspecified atom stereocenters. The zero-order valence-corrected chi connectivity index (χ0v) is 19.0. The van der Waals surface area contributed by atoms with Crippen LogP contribution < -0.4 is 11.5 Å². The number of aliphatic carboxylic acids is 2. The maximum Gasteiger partial charge on any atom is 0.321 e. The Bertz CT molecular complexity index is 445. The average Bonchev–Trinajstić information content (AvgIpc) is 2.67. The van der Waals surface area contributed by atoms with Crippen molar-refractivity contribution in [2.75, 3.05) is 37.2 Å². The van der Waals surface area contributed by atoms with Gasteiger partial charge in [-0.25, -0.2) is 0 Å². The van der Waals surface area contributed by atoms with Crippen molar-refractivity contribution in [1.29, 1.82) is 10.8 Å². The molecule has 0 spiro atoms. The fourth-order valence-electron chi connectivity index (χ4n) is 0.976. The van der Waals surface area contributed by atoms with Crippen molar-refractivity contribution in [1.82, 2.24) is 0 Å². The van der Waals surface area contributed by atoms with Crippen LogP contribution in [0, 0.1) is 10.8 Å². The van der Waals surface area contributed by atoms with E-state index in [1.165, 1.54) is 35.8 Å². The Labute approximate surface area is 180 Å². The van der Waals surface area contributed by atoms with E-state index in [-0.39, 0.29) is 11.5 Å². The van der Waals surface area contributed by atoms with E-state index in [9.17, 15) is 9.59 Å². The number of rotatable bonds is 14. The van der Waals surface area contributed by atoms with Crippen molar-refractivity contribution >= 4 is 66.9 Å². The van der Waals surface area contributed by atoms with Gasteiger partial charge in [0.2, 0.25) is 0 Å². The summed E-state index contributed by atoms with van der Waals surface area (Å²) in [4.78, 5) is 20.5. The van der Waals surface area contributed by atoms with E-state index < -0.39 is 24.0 Å². The Balaban J connectivity index is 0. The van der Waals surface area contributed by atoms with Crippen LogP contribution in [0.3, 0.4) is 0 Å². The van der Waals surface area contributed by atoms with E-state index in [4.69, 9.17) is 42.0 Å². The Morgan fingerprint density at radius 1 is 0.821 bits per heavy atom. The van der Waals surface area contributed by atoms with Crippen molar-refractivity contribution < 1.29 is 29.3 Å². The predicted molar refractivity (Wildman–Crippen MR) is 120 cm³/mol. The summed E-state index contributed by atoms with van der Waals surface area (Å²) in [5.41, 5.74) is 10.4. The summed E-state index contributed by atoms with van der Waals surface area (Å²) >= 11 is 0. The lowest BCUT2D eigenvalue weighted by Crippen LogP contribution is -2.33. The van der Waals surface area contributed by atoms with Gasteiger partial charge < -0.3 is 31.2 Å². The lowest BCUT2D eigenvalue weighted by Gasteiger charge is -2.07. The Morgan fingerprint density at radius 3 is 1.39 bits per heavy atom. The third kappa shape index (κ3) is 19.9. The molecule has 0 heterocycles. The highest BCUT2D eigenvalue weighted by atomic mass is 33.1. The smallest absolute Gasteiger partial charge is 0.321 e. The molecule has 164 valence electrons. The first kappa shape index (κ1) is 29.4. The van der Waals surface area contributed by atoms with Crippen molar-refractivity contribution in [3.8, 4) is 0 Å². The van der Waals surface area contributed by atoms with Crippen LogP contribution in [-0.2, 0) is 19.1 Å². The third-order valence-electron chi connectivity index (χ3n) is 2.61. The molecule has 14 heteroatoms. The van der Waals surface area contributed by atoms with Gasteiger partial charge in [0.25, 0.3) is 0 Å². The molecule has 10 nitrogen and oxygen atoms in total. The van der Waals surface area contributed by atoms with Crippen LogP contribution in [0.2, 0.25) is 0 Å².